The average molecular weight is 947 g/mol. The summed E-state index contributed by atoms with van der Waals surface area (Å²) in [5.74, 6) is -9.48. The van der Waals surface area contributed by atoms with E-state index in [4.69, 9.17) is 4.74 Å². The van der Waals surface area contributed by atoms with Crippen molar-refractivity contribution in [2.45, 2.75) is 47.5 Å². The quantitative estimate of drug-likeness (QED) is 0.183. The van der Waals surface area contributed by atoms with Gasteiger partial charge in [0, 0.05) is 47.0 Å². The molecule has 1 aliphatic heterocycles. The Balaban J connectivity index is 1.02. The molecule has 72 heavy (non-hydrogen) atoms. The van der Waals surface area contributed by atoms with Crippen LogP contribution in [0.5, 0.6) is 0 Å². The van der Waals surface area contributed by atoms with E-state index in [0.29, 0.717) is 67.7 Å². The molecule has 0 bridgehead atoms. The number of carboxylic acid groups (broad SMARTS) is 3. The Labute approximate surface area is 408 Å². The van der Waals surface area contributed by atoms with E-state index in [0.717, 1.165) is 66.9 Å². The fourth-order valence-electron chi connectivity index (χ4n) is 21.6. The van der Waals surface area contributed by atoms with Crippen LogP contribution in [0.4, 0.5) is 0 Å². The molecule has 1 saturated heterocycles. The highest BCUT2D eigenvalue weighted by atomic mass is 16.6. The van der Waals surface area contributed by atoms with Gasteiger partial charge in [0.15, 0.2) is 0 Å². The molecule has 3 saturated carbocycles. The molecule has 11 nitrogen and oxygen atoms in total. The van der Waals surface area contributed by atoms with Gasteiger partial charge in [0.25, 0.3) is 0 Å². The van der Waals surface area contributed by atoms with Gasteiger partial charge in [0.2, 0.25) is 0 Å². The lowest BCUT2D eigenvalue weighted by atomic mass is 9.31. The van der Waals surface area contributed by atoms with Crippen LogP contribution in [-0.2, 0) is 19.1 Å². The number of aliphatic hydroxyl groups excluding tert-OH is 2. The third-order valence-corrected chi connectivity index (χ3v) is 23.0. The van der Waals surface area contributed by atoms with E-state index in [2.05, 4.69) is 18.2 Å². The third kappa shape index (κ3) is 2.93. The molecule has 1 heterocycles. The first-order valence-corrected chi connectivity index (χ1v) is 25.6. The number of rotatable bonds is 3. The zero-order valence-corrected chi connectivity index (χ0v) is 37.8. The van der Waals surface area contributed by atoms with Gasteiger partial charge in [0.05, 0.1) is 12.0 Å². The standard InChI is InChI=1S/C61H38O11/c62-29-14-27-35-38-36-26(52(27)63)13-25-34(53(64)65)28-4-2-7-58-17-23-9-18-5-8-57(55(68)69)16-22-11-21-15-56(54(66)67)6-1-3-19-10-20-12-24(29)45(35)59(70)44(20)40(43(19)56)30(21)39-31(22)41-46(57)32(18)47-33(23)51(61(28,58)72-58)37(25)48(36)60(47,71)50(41)42(38)49(39)59/h1-14,16,23,25,29-30,33-34,39,44,46,50-52,62-63,70-71H,15,17H2,(H,64,65)(H,66,67)(H,68,69). The van der Waals surface area contributed by atoms with Crippen LogP contribution < -0.4 is 0 Å². The molecule has 0 aromatic rings. The van der Waals surface area contributed by atoms with Crippen LogP contribution in [0.3, 0.4) is 0 Å². The van der Waals surface area contributed by atoms with E-state index in [1.54, 1.807) is 18.2 Å². The molecule has 348 valence electrons. The van der Waals surface area contributed by atoms with E-state index in [1.165, 1.54) is 0 Å². The maximum Gasteiger partial charge on any atom is 0.318 e. The van der Waals surface area contributed by atoms with Crippen molar-refractivity contribution in [1.29, 1.82) is 0 Å². The Morgan fingerprint density at radius 3 is 2.32 bits per heavy atom. The van der Waals surface area contributed by atoms with Gasteiger partial charge in [-0.1, -0.05) is 84.6 Å². The molecule has 0 amide bonds. The van der Waals surface area contributed by atoms with E-state index >= 15 is 5.11 Å². The van der Waals surface area contributed by atoms with E-state index < -0.39 is 117 Å². The lowest BCUT2D eigenvalue weighted by molar-refractivity contribution is -0.146. The number of ether oxygens (including phenoxy) is 1. The number of aliphatic hydroxyl groups is 4. The van der Waals surface area contributed by atoms with Crippen molar-refractivity contribution < 1.29 is 54.9 Å². The number of allylic oxidation sites excluding steroid dienone is 17. The second kappa shape index (κ2) is 9.89. The lowest BCUT2D eigenvalue weighted by Gasteiger charge is -2.72. The fourth-order valence-corrected chi connectivity index (χ4v) is 21.6. The predicted octanol–water partition coefficient (Wildman–Crippen LogP) is 5.20. The number of aliphatic carboxylic acids is 3. The highest BCUT2D eigenvalue weighted by Crippen LogP contribution is 2.86. The number of carboxylic acids is 3. The lowest BCUT2D eigenvalue weighted by Crippen LogP contribution is -2.70. The van der Waals surface area contributed by atoms with Crippen LogP contribution in [0.1, 0.15) is 12.8 Å². The smallest absolute Gasteiger partial charge is 0.318 e. The largest absolute Gasteiger partial charge is 0.481 e. The zero-order chi connectivity index (χ0) is 47.7. The van der Waals surface area contributed by atoms with Gasteiger partial charge >= 0.3 is 17.9 Å². The molecule has 0 aromatic heterocycles. The summed E-state index contributed by atoms with van der Waals surface area (Å²) >= 11 is 0. The SMILES string of the molecule is O=C(O)C1C2=CC=CC34CC5C=C6C=CC7(C(=O)O)C=C8C=C9CC%10(C(=O)O)C=CC=C%11C=C%12C=C%13C%14=C%15C(=CC%13O)C(O)C%13=CC1C1=C%16C%13=C%15C%13=C%15C(C8=C8C7C6=C(C5C1C23O4)C%16(O)C%138)C9C(=C%11%10)C%12C%14%15O. The van der Waals surface area contributed by atoms with Crippen molar-refractivity contribution in [2.75, 3.05) is 0 Å². The number of hydrogen-bond donors (Lipinski definition) is 7. The molecule has 11 heteroatoms. The summed E-state index contributed by atoms with van der Waals surface area (Å²) in [6.07, 6.45) is 27.1. The van der Waals surface area contributed by atoms with Crippen LogP contribution in [0, 0.1) is 70.0 Å². The van der Waals surface area contributed by atoms with Gasteiger partial charge < -0.3 is 40.5 Å². The number of epoxide rings is 1. The van der Waals surface area contributed by atoms with E-state index in [9.17, 15) is 45.0 Å². The Kier molecular flexibility index (Phi) is 5.09. The Morgan fingerprint density at radius 2 is 1.50 bits per heavy atom. The summed E-state index contributed by atoms with van der Waals surface area (Å²) in [5.41, 5.74) is 7.21. The molecule has 18 atom stereocenters. The van der Waals surface area contributed by atoms with Gasteiger partial charge in [-0.05, 0) is 154 Å². The maximum absolute atomic E-state index is 15.4. The van der Waals surface area contributed by atoms with Crippen LogP contribution in [-0.4, -0.2) is 88.3 Å². The highest BCUT2D eigenvalue weighted by molar-refractivity contribution is 5.98. The first-order valence-electron chi connectivity index (χ1n) is 25.6. The molecular weight excluding hydrogens is 909 g/mol. The molecular formula is C61H38O11. The average Bonchev–Trinajstić information content (AvgIpc) is 4.05. The summed E-state index contributed by atoms with van der Waals surface area (Å²) in [6, 6.07) is 0. The number of hydrogen-bond acceptors (Lipinski definition) is 8. The summed E-state index contributed by atoms with van der Waals surface area (Å²) in [6.45, 7) is 0. The summed E-state index contributed by atoms with van der Waals surface area (Å²) in [4.78, 5) is 43.0. The highest BCUT2D eigenvalue weighted by Gasteiger charge is 2.87. The Bertz CT molecular complexity index is 4030. The second-order valence-corrected chi connectivity index (χ2v) is 24.7. The van der Waals surface area contributed by atoms with Gasteiger partial charge in [-0.25, -0.2) is 0 Å². The van der Waals surface area contributed by atoms with Gasteiger partial charge in [0.1, 0.15) is 39.3 Å². The molecule has 4 fully saturated rings. The molecule has 1 spiro atoms. The van der Waals surface area contributed by atoms with Crippen molar-refractivity contribution >= 4 is 17.9 Å². The zero-order valence-electron chi connectivity index (χ0n) is 37.8. The minimum Gasteiger partial charge on any atom is -0.481 e. The number of carbonyl (C=O) groups is 3. The minimum atomic E-state index is -1.91. The van der Waals surface area contributed by atoms with Gasteiger partial charge in [-0.2, -0.15) is 0 Å². The predicted molar refractivity (Wildman–Crippen MR) is 250 cm³/mol. The molecule has 7 N–H and O–H groups in total. The molecule has 0 aromatic carbocycles. The minimum absolute atomic E-state index is 0.138. The van der Waals surface area contributed by atoms with E-state index in [-0.39, 0.29) is 12.3 Å². The van der Waals surface area contributed by atoms with Crippen LogP contribution in [0.25, 0.3) is 0 Å². The first kappa shape index (κ1) is 37.1. The van der Waals surface area contributed by atoms with Crippen molar-refractivity contribution in [1.82, 2.24) is 0 Å². The molecule has 0 radical (unpaired) electrons. The van der Waals surface area contributed by atoms with Crippen molar-refractivity contribution in [3.8, 4) is 0 Å². The van der Waals surface area contributed by atoms with Gasteiger partial charge in [-0.15, -0.1) is 0 Å². The summed E-state index contributed by atoms with van der Waals surface area (Å²) in [7, 11) is 0. The maximum atomic E-state index is 15.4. The van der Waals surface area contributed by atoms with Gasteiger partial charge in [-0.3, -0.25) is 14.4 Å². The van der Waals surface area contributed by atoms with E-state index in [1.807, 2.05) is 54.7 Å². The topological polar surface area (TPSA) is 205 Å². The molecule has 21 aliphatic rings. The summed E-state index contributed by atoms with van der Waals surface area (Å²) < 4.78 is 7.22. The monoisotopic (exact) mass is 946 g/mol. The van der Waals surface area contributed by atoms with Crippen molar-refractivity contribution in [3.63, 3.8) is 0 Å². The third-order valence-electron chi connectivity index (χ3n) is 23.0. The Hall–Kier alpha value is -6.73. The fraction of sp³-hybridized carbons (Fsp3) is 0.328. The normalized spacial score (nSPS) is 50.9. The molecule has 18 unspecified atom stereocenters. The molecule has 21 rings (SSSR count). The van der Waals surface area contributed by atoms with Crippen molar-refractivity contribution in [2.24, 2.45) is 70.0 Å². The Morgan fingerprint density at radius 1 is 0.681 bits per heavy atom. The van der Waals surface area contributed by atoms with Crippen LogP contribution in [0.2, 0.25) is 0 Å². The van der Waals surface area contributed by atoms with Crippen LogP contribution in [0.15, 0.2) is 219 Å². The molecule has 20 aliphatic carbocycles. The summed E-state index contributed by atoms with van der Waals surface area (Å²) in [5, 5.41) is 91.3. The van der Waals surface area contributed by atoms with Crippen molar-refractivity contribution in [3.05, 3.63) is 219 Å². The van der Waals surface area contributed by atoms with Crippen LogP contribution >= 0.6 is 0 Å². The second-order valence-electron chi connectivity index (χ2n) is 24.7. The first-order chi connectivity index (χ1) is 34.7.